The predicted molar refractivity (Wildman–Crippen MR) is 43.9 cm³/mol. The zero-order valence-corrected chi connectivity index (χ0v) is 6.83. The highest BCUT2D eigenvalue weighted by molar-refractivity contribution is 5.25. The van der Waals surface area contributed by atoms with Crippen LogP contribution in [0.3, 0.4) is 0 Å². The van der Waals surface area contributed by atoms with Crippen LogP contribution < -0.4 is 0 Å². The summed E-state index contributed by atoms with van der Waals surface area (Å²) in [6.07, 6.45) is 8.62. The first-order valence-corrected chi connectivity index (χ1v) is 3.52. The Morgan fingerprint density at radius 1 is 1.27 bits per heavy atom. The zero-order chi connectivity index (χ0) is 8.10. The monoisotopic (exact) mass is 152 g/mol. The molecule has 0 bridgehead atoms. The van der Waals surface area contributed by atoms with Gasteiger partial charge in [-0.3, -0.25) is 0 Å². The van der Waals surface area contributed by atoms with Gasteiger partial charge in [0.1, 0.15) is 11.5 Å². The van der Waals surface area contributed by atoms with Gasteiger partial charge in [0.25, 0.3) is 0 Å². The highest BCUT2D eigenvalue weighted by atomic mass is 16.5. The van der Waals surface area contributed by atoms with Gasteiger partial charge < -0.3 is 9.47 Å². The highest BCUT2D eigenvalue weighted by Crippen LogP contribution is 2.12. The molecule has 0 unspecified atom stereocenters. The lowest BCUT2D eigenvalue weighted by Crippen LogP contribution is -1.87. The van der Waals surface area contributed by atoms with Gasteiger partial charge in [-0.25, -0.2) is 0 Å². The van der Waals surface area contributed by atoms with Crippen LogP contribution in [0.15, 0.2) is 35.8 Å². The molecule has 60 valence electrons. The van der Waals surface area contributed by atoms with Crippen LogP contribution in [0, 0.1) is 0 Å². The third kappa shape index (κ3) is 2.15. The van der Waals surface area contributed by atoms with Crippen molar-refractivity contribution in [2.45, 2.75) is 6.42 Å². The van der Waals surface area contributed by atoms with E-state index < -0.39 is 0 Å². The molecule has 0 aromatic heterocycles. The van der Waals surface area contributed by atoms with Crippen molar-refractivity contribution in [3.63, 3.8) is 0 Å². The summed E-state index contributed by atoms with van der Waals surface area (Å²) in [5.74, 6) is 1.75. The fourth-order valence-electron chi connectivity index (χ4n) is 0.882. The molecule has 0 fully saturated rings. The first-order valence-electron chi connectivity index (χ1n) is 3.52. The second kappa shape index (κ2) is 3.86. The van der Waals surface area contributed by atoms with Crippen molar-refractivity contribution >= 4 is 0 Å². The number of rotatable bonds is 2. The molecule has 1 aliphatic rings. The van der Waals surface area contributed by atoms with Gasteiger partial charge in [-0.2, -0.15) is 0 Å². The summed E-state index contributed by atoms with van der Waals surface area (Å²) in [7, 11) is 3.31. The van der Waals surface area contributed by atoms with Crippen LogP contribution >= 0.6 is 0 Å². The van der Waals surface area contributed by atoms with E-state index in [0.29, 0.717) is 0 Å². The molecule has 2 nitrogen and oxygen atoms in total. The van der Waals surface area contributed by atoms with E-state index in [1.54, 1.807) is 14.2 Å². The largest absolute Gasteiger partial charge is 0.501 e. The molecule has 0 aromatic rings. The second-order valence-electron chi connectivity index (χ2n) is 2.22. The maximum Gasteiger partial charge on any atom is 0.122 e. The van der Waals surface area contributed by atoms with E-state index in [0.717, 1.165) is 17.9 Å². The van der Waals surface area contributed by atoms with E-state index in [-0.39, 0.29) is 0 Å². The Hall–Kier alpha value is -1.18. The Labute approximate surface area is 66.8 Å². The fraction of sp³-hybridized carbons (Fsp3) is 0.333. The third-order valence-corrected chi connectivity index (χ3v) is 1.52. The molecule has 0 radical (unpaired) electrons. The molecule has 0 aliphatic heterocycles. The van der Waals surface area contributed by atoms with Crippen LogP contribution in [-0.2, 0) is 9.47 Å². The van der Waals surface area contributed by atoms with E-state index in [9.17, 15) is 0 Å². The number of hydrogen-bond donors (Lipinski definition) is 0. The van der Waals surface area contributed by atoms with Crippen molar-refractivity contribution < 1.29 is 9.47 Å². The molecule has 0 heterocycles. The molecule has 1 aliphatic carbocycles. The molecule has 0 amide bonds. The molecular formula is C9H12O2. The van der Waals surface area contributed by atoms with Crippen molar-refractivity contribution in [2.24, 2.45) is 0 Å². The molecule has 1 rings (SSSR count). The topological polar surface area (TPSA) is 18.5 Å². The second-order valence-corrected chi connectivity index (χ2v) is 2.22. The Bertz CT molecular complexity index is 212. The summed E-state index contributed by atoms with van der Waals surface area (Å²) in [5.41, 5.74) is 0. The van der Waals surface area contributed by atoms with Gasteiger partial charge in [-0.05, 0) is 6.08 Å². The molecule has 2 heteroatoms. The van der Waals surface area contributed by atoms with E-state index in [1.807, 2.05) is 24.3 Å². The van der Waals surface area contributed by atoms with E-state index in [4.69, 9.17) is 9.47 Å². The summed E-state index contributed by atoms with van der Waals surface area (Å²) in [6.45, 7) is 0. The van der Waals surface area contributed by atoms with Gasteiger partial charge in [0.2, 0.25) is 0 Å². The fourth-order valence-corrected chi connectivity index (χ4v) is 0.882. The third-order valence-electron chi connectivity index (χ3n) is 1.52. The SMILES string of the molecule is COC1=CC=CCC(OC)=C1. The summed E-state index contributed by atoms with van der Waals surface area (Å²) >= 11 is 0. The maximum absolute atomic E-state index is 5.09. The summed E-state index contributed by atoms with van der Waals surface area (Å²) in [6, 6.07) is 0. The lowest BCUT2D eigenvalue weighted by molar-refractivity contribution is 0.271. The predicted octanol–water partition coefficient (Wildman–Crippen LogP) is 2.01. The number of ether oxygens (including phenoxy) is 2. The Morgan fingerprint density at radius 2 is 2.09 bits per heavy atom. The molecular weight excluding hydrogens is 140 g/mol. The zero-order valence-electron chi connectivity index (χ0n) is 6.83. The minimum atomic E-state index is 0.829. The van der Waals surface area contributed by atoms with Gasteiger partial charge in [0.15, 0.2) is 0 Å². The van der Waals surface area contributed by atoms with Gasteiger partial charge in [0, 0.05) is 12.5 Å². The smallest absolute Gasteiger partial charge is 0.122 e. The van der Waals surface area contributed by atoms with Crippen LogP contribution in [-0.4, -0.2) is 14.2 Å². The van der Waals surface area contributed by atoms with Gasteiger partial charge in [-0.1, -0.05) is 12.2 Å². The minimum absolute atomic E-state index is 0.829. The molecule has 0 atom stereocenters. The number of allylic oxidation sites excluding steroid dienone is 4. The van der Waals surface area contributed by atoms with Crippen molar-refractivity contribution in [2.75, 3.05) is 14.2 Å². The van der Waals surface area contributed by atoms with Crippen molar-refractivity contribution in [1.29, 1.82) is 0 Å². The standard InChI is InChI=1S/C9H12O2/c1-10-8-5-3-4-6-9(7-8)11-2/h3-5,7H,6H2,1-2H3. The van der Waals surface area contributed by atoms with E-state index >= 15 is 0 Å². The minimum Gasteiger partial charge on any atom is -0.501 e. The first kappa shape index (κ1) is 7.92. The normalized spacial score (nSPS) is 16.5. The van der Waals surface area contributed by atoms with E-state index in [1.165, 1.54) is 0 Å². The van der Waals surface area contributed by atoms with Crippen LogP contribution in [0.1, 0.15) is 6.42 Å². The first-order chi connectivity index (χ1) is 5.36. The quantitative estimate of drug-likeness (QED) is 0.602. The Balaban J connectivity index is 2.77. The van der Waals surface area contributed by atoms with Gasteiger partial charge >= 0.3 is 0 Å². The van der Waals surface area contributed by atoms with Crippen LogP contribution in [0.25, 0.3) is 0 Å². The Morgan fingerprint density at radius 3 is 2.73 bits per heavy atom. The molecule has 0 N–H and O–H groups in total. The summed E-state index contributed by atoms with van der Waals surface area (Å²) in [5, 5.41) is 0. The summed E-state index contributed by atoms with van der Waals surface area (Å²) < 4.78 is 10.1. The van der Waals surface area contributed by atoms with Gasteiger partial charge in [0.05, 0.1) is 14.2 Å². The Kier molecular flexibility index (Phi) is 2.78. The van der Waals surface area contributed by atoms with Crippen LogP contribution in [0.5, 0.6) is 0 Å². The maximum atomic E-state index is 5.09. The van der Waals surface area contributed by atoms with Crippen molar-refractivity contribution in [3.05, 3.63) is 35.8 Å². The van der Waals surface area contributed by atoms with Crippen molar-refractivity contribution in [3.8, 4) is 0 Å². The highest BCUT2D eigenvalue weighted by Gasteiger charge is 1.98. The van der Waals surface area contributed by atoms with Crippen LogP contribution in [0.2, 0.25) is 0 Å². The van der Waals surface area contributed by atoms with Gasteiger partial charge in [-0.15, -0.1) is 0 Å². The van der Waals surface area contributed by atoms with E-state index in [2.05, 4.69) is 0 Å². The average Bonchev–Trinajstić information content (AvgIpc) is 2.28. The molecule has 0 saturated heterocycles. The molecule has 0 aromatic carbocycles. The lowest BCUT2D eigenvalue weighted by Gasteiger charge is -2.02. The lowest BCUT2D eigenvalue weighted by atomic mass is 10.3. The van der Waals surface area contributed by atoms with Crippen LogP contribution in [0.4, 0.5) is 0 Å². The number of methoxy groups -OCH3 is 2. The van der Waals surface area contributed by atoms with Crippen molar-refractivity contribution in [1.82, 2.24) is 0 Å². The molecule has 0 saturated carbocycles. The number of hydrogen-bond acceptors (Lipinski definition) is 2. The molecule has 0 spiro atoms. The summed E-state index contributed by atoms with van der Waals surface area (Å²) in [4.78, 5) is 0. The molecule has 11 heavy (non-hydrogen) atoms. The average molecular weight is 152 g/mol.